The summed E-state index contributed by atoms with van der Waals surface area (Å²) in [5, 5.41) is 2.73. The first-order valence-electron chi connectivity index (χ1n) is 11.4. The quantitative estimate of drug-likeness (QED) is 0.607. The van der Waals surface area contributed by atoms with Gasteiger partial charge in [-0.1, -0.05) is 56.5 Å². The van der Waals surface area contributed by atoms with Crippen molar-refractivity contribution in [2.75, 3.05) is 0 Å². The molecule has 1 heterocycles. The number of ether oxygens (including phenoxy) is 2. The van der Waals surface area contributed by atoms with E-state index in [1.54, 1.807) is 0 Å². The van der Waals surface area contributed by atoms with Gasteiger partial charge in [0.05, 0.1) is 0 Å². The number of hydrogen-bond donors (Lipinski definition) is 1. The Labute approximate surface area is 181 Å². The molecule has 30 heavy (non-hydrogen) atoms. The van der Waals surface area contributed by atoms with Crippen molar-refractivity contribution in [1.29, 1.82) is 0 Å². The van der Waals surface area contributed by atoms with Crippen LogP contribution in [0.1, 0.15) is 78.7 Å². The molecule has 0 radical (unpaired) electrons. The Morgan fingerprint density at radius 1 is 1.20 bits per heavy atom. The van der Waals surface area contributed by atoms with Gasteiger partial charge in [-0.05, 0) is 70.8 Å². The van der Waals surface area contributed by atoms with E-state index in [9.17, 15) is 9.59 Å². The van der Waals surface area contributed by atoms with E-state index in [1.165, 1.54) is 5.56 Å². The number of rotatable bonds is 6. The summed E-state index contributed by atoms with van der Waals surface area (Å²) in [4.78, 5) is 25.0. The Morgan fingerprint density at radius 2 is 1.90 bits per heavy atom. The van der Waals surface area contributed by atoms with E-state index >= 15 is 0 Å². The monoisotopic (exact) mass is 417 g/mol. The zero-order valence-corrected chi connectivity index (χ0v) is 19.3. The molecule has 1 fully saturated rings. The highest BCUT2D eigenvalue weighted by Gasteiger charge is 2.34. The molecule has 5 heteroatoms. The second kappa shape index (κ2) is 11.4. The number of benzene rings is 1. The summed E-state index contributed by atoms with van der Waals surface area (Å²) in [6.45, 7) is 9.62. The minimum atomic E-state index is -0.662. The average molecular weight is 418 g/mol. The molecule has 0 aliphatic carbocycles. The SMILES string of the molecule is CCCCC1C(Cc2ccccc2)CCCC(NC(=O)OC(C)(C)C)C(=O)OC1C. The van der Waals surface area contributed by atoms with Gasteiger partial charge in [0, 0.05) is 0 Å². The molecule has 1 N–H and O–H groups in total. The van der Waals surface area contributed by atoms with Gasteiger partial charge in [0.25, 0.3) is 0 Å². The van der Waals surface area contributed by atoms with Crippen LogP contribution in [0, 0.1) is 11.8 Å². The van der Waals surface area contributed by atoms with Crippen molar-refractivity contribution < 1.29 is 19.1 Å². The molecule has 5 nitrogen and oxygen atoms in total. The van der Waals surface area contributed by atoms with Crippen LogP contribution in [0.3, 0.4) is 0 Å². The summed E-state index contributed by atoms with van der Waals surface area (Å²) in [6, 6.07) is 9.88. The smallest absolute Gasteiger partial charge is 0.408 e. The first-order valence-corrected chi connectivity index (χ1v) is 11.4. The van der Waals surface area contributed by atoms with Crippen molar-refractivity contribution in [3.05, 3.63) is 35.9 Å². The lowest BCUT2D eigenvalue weighted by atomic mass is 9.78. The summed E-state index contributed by atoms with van der Waals surface area (Å²) < 4.78 is 11.2. The maximum atomic E-state index is 12.8. The molecule has 0 saturated carbocycles. The fourth-order valence-electron chi connectivity index (χ4n) is 4.31. The maximum absolute atomic E-state index is 12.8. The molecule has 0 bridgehead atoms. The molecule has 1 aliphatic rings. The highest BCUT2D eigenvalue weighted by atomic mass is 16.6. The topological polar surface area (TPSA) is 64.6 Å². The van der Waals surface area contributed by atoms with Crippen molar-refractivity contribution in [1.82, 2.24) is 5.32 Å². The summed E-state index contributed by atoms with van der Waals surface area (Å²) in [5.74, 6) is 0.409. The number of hydrogen-bond acceptors (Lipinski definition) is 4. The molecule has 1 aromatic carbocycles. The van der Waals surface area contributed by atoms with E-state index in [4.69, 9.17) is 9.47 Å². The average Bonchev–Trinajstić information content (AvgIpc) is 2.70. The molecule has 168 valence electrons. The zero-order valence-electron chi connectivity index (χ0n) is 19.3. The highest BCUT2D eigenvalue weighted by molar-refractivity contribution is 5.81. The van der Waals surface area contributed by atoms with Crippen molar-refractivity contribution in [3.8, 4) is 0 Å². The number of unbranched alkanes of at least 4 members (excludes halogenated alkanes) is 1. The highest BCUT2D eigenvalue weighted by Crippen LogP contribution is 2.33. The third-order valence-electron chi connectivity index (χ3n) is 5.79. The molecule has 1 saturated heterocycles. The Hall–Kier alpha value is -2.04. The van der Waals surface area contributed by atoms with Gasteiger partial charge < -0.3 is 14.8 Å². The first-order chi connectivity index (χ1) is 14.2. The van der Waals surface area contributed by atoms with Gasteiger partial charge in [0.1, 0.15) is 17.7 Å². The van der Waals surface area contributed by atoms with Crippen LogP contribution in [-0.2, 0) is 20.7 Å². The normalized spacial score (nSPS) is 25.4. The van der Waals surface area contributed by atoms with Crippen molar-refractivity contribution in [2.24, 2.45) is 11.8 Å². The predicted molar refractivity (Wildman–Crippen MR) is 119 cm³/mol. The summed E-state index contributed by atoms with van der Waals surface area (Å²) in [6.07, 6.45) is 5.97. The van der Waals surface area contributed by atoms with Crippen molar-refractivity contribution in [3.63, 3.8) is 0 Å². The molecule has 1 aliphatic heterocycles. The van der Waals surface area contributed by atoms with Crippen LogP contribution < -0.4 is 5.32 Å². The Bertz CT molecular complexity index is 667. The lowest BCUT2D eigenvalue weighted by Gasteiger charge is -2.31. The van der Waals surface area contributed by atoms with Gasteiger partial charge in [-0.25, -0.2) is 9.59 Å². The maximum Gasteiger partial charge on any atom is 0.408 e. The lowest BCUT2D eigenvalue weighted by molar-refractivity contribution is -0.154. The minimum Gasteiger partial charge on any atom is -0.461 e. The van der Waals surface area contributed by atoms with E-state index in [0.29, 0.717) is 18.3 Å². The third kappa shape index (κ3) is 8.00. The number of cyclic esters (lactones) is 1. The van der Waals surface area contributed by atoms with Crippen LogP contribution in [0.5, 0.6) is 0 Å². The number of esters is 1. The van der Waals surface area contributed by atoms with Gasteiger partial charge >= 0.3 is 12.1 Å². The van der Waals surface area contributed by atoms with E-state index < -0.39 is 17.7 Å². The van der Waals surface area contributed by atoms with Gasteiger partial charge in [0.15, 0.2) is 0 Å². The number of carbonyl (C=O) groups excluding carboxylic acids is 2. The summed E-state index contributed by atoms with van der Waals surface area (Å²) >= 11 is 0. The number of nitrogens with one attached hydrogen (secondary N) is 1. The van der Waals surface area contributed by atoms with Crippen LogP contribution >= 0.6 is 0 Å². The largest absolute Gasteiger partial charge is 0.461 e. The van der Waals surface area contributed by atoms with E-state index in [-0.39, 0.29) is 12.1 Å². The van der Waals surface area contributed by atoms with Crippen molar-refractivity contribution >= 4 is 12.1 Å². The number of carbonyl (C=O) groups is 2. The number of alkyl carbamates (subject to hydrolysis) is 1. The second-order valence-corrected chi connectivity index (χ2v) is 9.53. The minimum absolute atomic E-state index is 0.182. The van der Waals surface area contributed by atoms with Gasteiger partial charge in [-0.3, -0.25) is 0 Å². The molecule has 4 unspecified atom stereocenters. The summed E-state index contributed by atoms with van der Waals surface area (Å²) in [5.41, 5.74) is 0.719. The van der Waals surface area contributed by atoms with Crippen LogP contribution in [0.4, 0.5) is 4.79 Å². The summed E-state index contributed by atoms with van der Waals surface area (Å²) in [7, 11) is 0. The van der Waals surface area contributed by atoms with Crippen LogP contribution in [0.2, 0.25) is 0 Å². The number of amides is 1. The Kier molecular flexibility index (Phi) is 9.19. The molecule has 0 spiro atoms. The first kappa shape index (κ1) is 24.2. The zero-order chi connectivity index (χ0) is 22.1. The molecule has 2 rings (SSSR count). The van der Waals surface area contributed by atoms with E-state index in [2.05, 4.69) is 36.5 Å². The predicted octanol–water partition coefficient (Wildman–Crippen LogP) is 5.66. The fraction of sp³-hybridized carbons (Fsp3) is 0.680. The molecular weight excluding hydrogens is 378 g/mol. The van der Waals surface area contributed by atoms with Gasteiger partial charge in [0.2, 0.25) is 0 Å². The van der Waals surface area contributed by atoms with Gasteiger partial charge in [-0.2, -0.15) is 0 Å². The molecule has 0 aromatic heterocycles. The Morgan fingerprint density at radius 3 is 2.53 bits per heavy atom. The standard InChI is InChI=1S/C25H39NO4/c1-6-7-15-21-18(2)29-23(27)22(26-24(28)30-25(3,4)5)16-11-14-20(21)17-19-12-9-8-10-13-19/h8-10,12-13,18,20-22H,6-7,11,14-17H2,1-5H3,(H,26,28). The fourth-order valence-corrected chi connectivity index (χ4v) is 4.31. The van der Waals surface area contributed by atoms with Crippen LogP contribution in [0.15, 0.2) is 30.3 Å². The molecular formula is C25H39NO4. The van der Waals surface area contributed by atoms with Crippen LogP contribution in [0.25, 0.3) is 0 Å². The van der Waals surface area contributed by atoms with E-state index in [1.807, 2.05) is 33.8 Å². The second-order valence-electron chi connectivity index (χ2n) is 9.53. The third-order valence-corrected chi connectivity index (χ3v) is 5.79. The molecule has 1 amide bonds. The lowest BCUT2D eigenvalue weighted by Crippen LogP contribution is -2.45. The molecule has 1 aromatic rings. The molecule has 4 atom stereocenters. The van der Waals surface area contributed by atoms with Gasteiger partial charge in [-0.15, -0.1) is 0 Å². The van der Waals surface area contributed by atoms with E-state index in [0.717, 1.165) is 38.5 Å². The Balaban J connectivity index is 2.13. The van der Waals surface area contributed by atoms with Crippen molar-refractivity contribution in [2.45, 2.75) is 97.3 Å². The van der Waals surface area contributed by atoms with Crippen LogP contribution in [-0.4, -0.2) is 29.8 Å².